The zero-order valence-corrected chi connectivity index (χ0v) is 11.4. The van der Waals surface area contributed by atoms with E-state index in [1.165, 1.54) is 31.2 Å². The van der Waals surface area contributed by atoms with Gasteiger partial charge in [-0.1, -0.05) is 12.8 Å². The van der Waals surface area contributed by atoms with Gasteiger partial charge < -0.3 is 10.3 Å². The van der Waals surface area contributed by atoms with E-state index in [0.717, 1.165) is 10.9 Å². The molecule has 1 aliphatic rings. The first-order chi connectivity index (χ1) is 9.20. The summed E-state index contributed by atoms with van der Waals surface area (Å²) in [7, 11) is 1.98. The first-order valence-electron chi connectivity index (χ1n) is 7.15. The smallest absolute Gasteiger partial charge is 0.125 e. The summed E-state index contributed by atoms with van der Waals surface area (Å²) in [6.45, 7) is 0.682. The van der Waals surface area contributed by atoms with Crippen LogP contribution < -0.4 is 5.73 Å². The summed E-state index contributed by atoms with van der Waals surface area (Å²) in [5.41, 5.74) is 8.29. The number of fused-ring (bicyclic) bond motifs is 1. The first-order valence-corrected chi connectivity index (χ1v) is 7.15. The van der Waals surface area contributed by atoms with Crippen molar-refractivity contribution < 1.29 is 4.39 Å². The summed E-state index contributed by atoms with van der Waals surface area (Å²) in [5.74, 6) is 0.933. The molecule has 1 saturated carbocycles. The lowest BCUT2D eigenvalue weighted by atomic mass is 9.85. The van der Waals surface area contributed by atoms with Crippen LogP contribution in [-0.2, 0) is 7.05 Å². The van der Waals surface area contributed by atoms with Gasteiger partial charge in [-0.3, -0.25) is 0 Å². The Balaban J connectivity index is 2.08. The molecule has 1 fully saturated rings. The third-order valence-electron chi connectivity index (χ3n) is 4.61. The van der Waals surface area contributed by atoms with Crippen LogP contribution in [0.5, 0.6) is 0 Å². The van der Waals surface area contributed by atoms with E-state index in [1.54, 1.807) is 12.1 Å². The van der Waals surface area contributed by atoms with Gasteiger partial charge in [0.25, 0.3) is 0 Å². The SMILES string of the molecule is Cn1cc(C(CN)C2CCCC2)c2ccc(F)cc21. The minimum absolute atomic E-state index is 0.176. The molecule has 1 atom stereocenters. The molecule has 0 radical (unpaired) electrons. The van der Waals surface area contributed by atoms with Gasteiger partial charge in [-0.2, -0.15) is 0 Å². The number of aromatic nitrogens is 1. The molecule has 1 aromatic heterocycles. The van der Waals surface area contributed by atoms with E-state index in [2.05, 4.69) is 6.20 Å². The van der Waals surface area contributed by atoms with Crippen LogP contribution in [0.1, 0.15) is 37.2 Å². The van der Waals surface area contributed by atoms with Crippen molar-refractivity contribution in [2.45, 2.75) is 31.6 Å². The van der Waals surface area contributed by atoms with Gasteiger partial charge >= 0.3 is 0 Å². The lowest BCUT2D eigenvalue weighted by Gasteiger charge is -2.21. The monoisotopic (exact) mass is 260 g/mol. The average molecular weight is 260 g/mol. The molecule has 0 aliphatic heterocycles. The minimum Gasteiger partial charge on any atom is -0.350 e. The second kappa shape index (κ2) is 4.97. The number of rotatable bonds is 3. The zero-order valence-electron chi connectivity index (χ0n) is 11.4. The van der Waals surface area contributed by atoms with E-state index in [9.17, 15) is 4.39 Å². The Morgan fingerprint density at radius 1 is 1.37 bits per heavy atom. The molecular weight excluding hydrogens is 239 g/mol. The highest BCUT2D eigenvalue weighted by molar-refractivity contribution is 5.84. The Morgan fingerprint density at radius 3 is 2.79 bits per heavy atom. The van der Waals surface area contributed by atoms with Crippen LogP contribution >= 0.6 is 0 Å². The number of benzene rings is 1. The Hall–Kier alpha value is -1.35. The van der Waals surface area contributed by atoms with Crippen molar-refractivity contribution in [3.05, 3.63) is 35.8 Å². The van der Waals surface area contributed by atoms with Gasteiger partial charge in [0.15, 0.2) is 0 Å². The Kier molecular flexibility index (Phi) is 3.31. The zero-order chi connectivity index (χ0) is 13.4. The largest absolute Gasteiger partial charge is 0.350 e. The van der Waals surface area contributed by atoms with Crippen molar-refractivity contribution in [3.8, 4) is 0 Å². The standard InChI is InChI=1S/C16H21FN2/c1-19-10-15(13-7-6-12(17)8-16(13)19)14(9-18)11-4-2-3-5-11/h6-8,10-11,14H,2-5,9,18H2,1H3. The van der Waals surface area contributed by atoms with Crippen molar-refractivity contribution in [2.24, 2.45) is 18.7 Å². The first kappa shape index (κ1) is 12.7. The highest BCUT2D eigenvalue weighted by Crippen LogP contribution is 2.39. The molecule has 0 saturated heterocycles. The van der Waals surface area contributed by atoms with E-state index in [-0.39, 0.29) is 5.82 Å². The summed E-state index contributed by atoms with van der Waals surface area (Å²) in [6.07, 6.45) is 7.33. The van der Waals surface area contributed by atoms with Crippen LogP contribution in [0.4, 0.5) is 4.39 Å². The van der Waals surface area contributed by atoms with Gasteiger partial charge in [0.1, 0.15) is 5.82 Å². The normalized spacial score (nSPS) is 18.3. The second-order valence-corrected chi connectivity index (χ2v) is 5.74. The fourth-order valence-electron chi connectivity index (χ4n) is 3.62. The molecular formula is C16H21FN2. The minimum atomic E-state index is -0.176. The van der Waals surface area contributed by atoms with Crippen molar-refractivity contribution in [3.63, 3.8) is 0 Å². The van der Waals surface area contributed by atoms with Gasteiger partial charge in [0.05, 0.1) is 5.52 Å². The van der Waals surface area contributed by atoms with E-state index >= 15 is 0 Å². The number of nitrogens with two attached hydrogens (primary N) is 1. The topological polar surface area (TPSA) is 30.9 Å². The van der Waals surface area contributed by atoms with E-state index in [4.69, 9.17) is 5.73 Å². The van der Waals surface area contributed by atoms with Crippen LogP contribution in [0.3, 0.4) is 0 Å². The van der Waals surface area contributed by atoms with Crippen LogP contribution in [0.2, 0.25) is 0 Å². The summed E-state index contributed by atoms with van der Waals surface area (Å²) >= 11 is 0. The predicted molar refractivity (Wildman–Crippen MR) is 76.6 cm³/mol. The summed E-state index contributed by atoms with van der Waals surface area (Å²) in [4.78, 5) is 0. The summed E-state index contributed by atoms with van der Waals surface area (Å²) in [6, 6.07) is 5.06. The second-order valence-electron chi connectivity index (χ2n) is 5.74. The van der Waals surface area contributed by atoms with Crippen LogP contribution in [0, 0.1) is 11.7 Å². The lowest BCUT2D eigenvalue weighted by Crippen LogP contribution is -2.19. The molecule has 3 heteroatoms. The molecule has 1 aliphatic carbocycles. The highest BCUT2D eigenvalue weighted by Gasteiger charge is 2.27. The number of hydrogen-bond acceptors (Lipinski definition) is 1. The molecule has 0 spiro atoms. The molecule has 1 heterocycles. The molecule has 19 heavy (non-hydrogen) atoms. The van der Waals surface area contributed by atoms with Crippen molar-refractivity contribution >= 4 is 10.9 Å². The summed E-state index contributed by atoms with van der Waals surface area (Å²) in [5, 5.41) is 1.16. The van der Waals surface area contributed by atoms with Crippen LogP contribution in [0.25, 0.3) is 10.9 Å². The van der Waals surface area contributed by atoms with Gasteiger partial charge in [0.2, 0.25) is 0 Å². The Bertz CT molecular complexity index is 582. The number of nitrogens with zero attached hydrogens (tertiary/aromatic N) is 1. The van der Waals surface area contributed by atoms with Crippen LogP contribution in [-0.4, -0.2) is 11.1 Å². The van der Waals surface area contributed by atoms with Gasteiger partial charge in [-0.15, -0.1) is 0 Å². The molecule has 3 rings (SSSR count). The highest BCUT2D eigenvalue weighted by atomic mass is 19.1. The van der Waals surface area contributed by atoms with Crippen LogP contribution in [0.15, 0.2) is 24.4 Å². The Labute approximate surface area is 113 Å². The fourth-order valence-corrected chi connectivity index (χ4v) is 3.62. The third kappa shape index (κ3) is 2.16. The Morgan fingerprint density at radius 2 is 2.11 bits per heavy atom. The van der Waals surface area contributed by atoms with E-state index in [1.807, 2.05) is 17.7 Å². The molecule has 2 N–H and O–H groups in total. The van der Waals surface area contributed by atoms with Gasteiger partial charge in [0, 0.05) is 24.5 Å². The van der Waals surface area contributed by atoms with E-state index in [0.29, 0.717) is 18.4 Å². The van der Waals surface area contributed by atoms with E-state index < -0.39 is 0 Å². The third-order valence-corrected chi connectivity index (χ3v) is 4.61. The fraction of sp³-hybridized carbons (Fsp3) is 0.500. The molecule has 1 unspecified atom stereocenters. The van der Waals surface area contributed by atoms with Crippen molar-refractivity contribution in [1.82, 2.24) is 4.57 Å². The molecule has 2 nitrogen and oxygen atoms in total. The summed E-state index contributed by atoms with van der Waals surface area (Å²) < 4.78 is 15.4. The number of hydrogen-bond donors (Lipinski definition) is 1. The predicted octanol–water partition coefficient (Wildman–Crippen LogP) is 3.55. The molecule has 102 valence electrons. The molecule has 0 bridgehead atoms. The number of halogens is 1. The molecule has 0 amide bonds. The van der Waals surface area contributed by atoms with Gasteiger partial charge in [-0.25, -0.2) is 4.39 Å². The molecule has 1 aromatic carbocycles. The quantitative estimate of drug-likeness (QED) is 0.899. The maximum Gasteiger partial charge on any atom is 0.125 e. The lowest BCUT2D eigenvalue weighted by molar-refractivity contribution is 0.442. The maximum absolute atomic E-state index is 13.4. The molecule has 2 aromatic rings. The maximum atomic E-state index is 13.4. The van der Waals surface area contributed by atoms with Crippen molar-refractivity contribution in [2.75, 3.05) is 6.54 Å². The van der Waals surface area contributed by atoms with Crippen molar-refractivity contribution in [1.29, 1.82) is 0 Å². The number of aryl methyl sites for hydroxylation is 1. The average Bonchev–Trinajstić information content (AvgIpc) is 3.01. The van der Waals surface area contributed by atoms with Gasteiger partial charge in [-0.05, 0) is 49.1 Å².